The molecule has 13 heavy (non-hydrogen) atoms. The minimum Gasteiger partial charge on any atom is -0.389 e. The van der Waals surface area contributed by atoms with Crippen LogP contribution in [0.4, 0.5) is 0 Å². The molecule has 0 aromatic heterocycles. The van der Waals surface area contributed by atoms with Crippen LogP contribution < -0.4 is 0 Å². The van der Waals surface area contributed by atoms with Gasteiger partial charge in [-0.15, -0.1) is 0 Å². The Balaban J connectivity index is 3.67. The van der Waals surface area contributed by atoms with Crippen molar-refractivity contribution in [3.63, 3.8) is 0 Å². The Kier molecular flexibility index (Phi) is 5.57. The molecule has 0 amide bonds. The summed E-state index contributed by atoms with van der Waals surface area (Å²) in [4.78, 5) is 2.21. The van der Waals surface area contributed by atoms with Crippen LogP contribution in [0.3, 0.4) is 0 Å². The van der Waals surface area contributed by atoms with Crippen LogP contribution in [0.1, 0.15) is 40.5 Å². The topological polar surface area (TPSA) is 23.5 Å². The van der Waals surface area contributed by atoms with Gasteiger partial charge in [-0.05, 0) is 33.2 Å². The molecule has 0 spiro atoms. The molecule has 0 saturated carbocycles. The van der Waals surface area contributed by atoms with Gasteiger partial charge in [-0.1, -0.05) is 20.3 Å². The van der Waals surface area contributed by atoms with E-state index in [9.17, 15) is 5.11 Å². The first-order valence-corrected chi connectivity index (χ1v) is 5.26. The quantitative estimate of drug-likeness (QED) is 0.688. The van der Waals surface area contributed by atoms with Gasteiger partial charge < -0.3 is 10.0 Å². The Morgan fingerprint density at radius 3 is 2.31 bits per heavy atom. The predicted octanol–water partition coefficient (Wildman–Crippen LogP) is 2.13. The van der Waals surface area contributed by atoms with Crippen molar-refractivity contribution < 1.29 is 5.11 Å². The second-order valence-corrected chi connectivity index (χ2v) is 4.90. The first kappa shape index (κ1) is 12.9. The van der Waals surface area contributed by atoms with Gasteiger partial charge in [0.1, 0.15) is 0 Å². The summed E-state index contributed by atoms with van der Waals surface area (Å²) in [5.41, 5.74) is -0.569. The molecule has 0 bridgehead atoms. The molecule has 0 aliphatic heterocycles. The third-order valence-corrected chi connectivity index (χ3v) is 2.06. The molecule has 80 valence electrons. The fourth-order valence-corrected chi connectivity index (χ4v) is 1.84. The van der Waals surface area contributed by atoms with Crippen LogP contribution in [0.15, 0.2) is 0 Å². The van der Waals surface area contributed by atoms with Crippen molar-refractivity contribution in [3.8, 4) is 0 Å². The van der Waals surface area contributed by atoms with E-state index in [2.05, 4.69) is 25.8 Å². The first-order chi connectivity index (χ1) is 5.85. The maximum Gasteiger partial charge on any atom is 0.0718 e. The minimum absolute atomic E-state index is 0.569. The Morgan fingerprint density at radius 2 is 1.92 bits per heavy atom. The molecule has 0 fully saturated rings. The van der Waals surface area contributed by atoms with E-state index in [-0.39, 0.29) is 0 Å². The molecule has 0 aliphatic carbocycles. The highest BCUT2D eigenvalue weighted by Gasteiger charge is 2.16. The van der Waals surface area contributed by atoms with Crippen LogP contribution in [0.5, 0.6) is 0 Å². The SMILES string of the molecule is CCCC(C)CN(C)CC(C)(C)O. The Labute approximate surface area is 82.9 Å². The van der Waals surface area contributed by atoms with Crippen LogP contribution in [-0.2, 0) is 0 Å². The lowest BCUT2D eigenvalue weighted by molar-refractivity contribution is 0.0406. The number of hydrogen-bond donors (Lipinski definition) is 1. The highest BCUT2D eigenvalue weighted by Crippen LogP contribution is 2.09. The lowest BCUT2D eigenvalue weighted by atomic mass is 10.0. The van der Waals surface area contributed by atoms with Crippen LogP contribution in [-0.4, -0.2) is 35.7 Å². The highest BCUT2D eigenvalue weighted by molar-refractivity contribution is 4.70. The lowest BCUT2D eigenvalue weighted by Gasteiger charge is -2.27. The monoisotopic (exact) mass is 187 g/mol. The normalized spacial score (nSPS) is 15.0. The van der Waals surface area contributed by atoms with Gasteiger partial charge in [0.05, 0.1) is 5.60 Å². The maximum absolute atomic E-state index is 9.59. The number of aliphatic hydroxyl groups is 1. The molecular weight excluding hydrogens is 162 g/mol. The standard InChI is InChI=1S/C11H25NO/c1-6-7-10(2)8-12(5)9-11(3,4)13/h10,13H,6-9H2,1-5H3. The summed E-state index contributed by atoms with van der Waals surface area (Å²) in [6.45, 7) is 10.0. The third-order valence-electron chi connectivity index (χ3n) is 2.06. The highest BCUT2D eigenvalue weighted by atomic mass is 16.3. The van der Waals surface area contributed by atoms with Crippen LogP contribution >= 0.6 is 0 Å². The molecule has 1 N–H and O–H groups in total. The van der Waals surface area contributed by atoms with Gasteiger partial charge in [0.2, 0.25) is 0 Å². The molecule has 0 aliphatic rings. The number of nitrogens with zero attached hydrogens (tertiary/aromatic N) is 1. The van der Waals surface area contributed by atoms with Gasteiger partial charge >= 0.3 is 0 Å². The van der Waals surface area contributed by atoms with Crippen molar-refractivity contribution in [1.82, 2.24) is 4.90 Å². The van der Waals surface area contributed by atoms with E-state index < -0.39 is 5.60 Å². The molecule has 0 aromatic carbocycles. The molecule has 1 unspecified atom stereocenters. The molecule has 0 heterocycles. The summed E-state index contributed by atoms with van der Waals surface area (Å²) >= 11 is 0. The van der Waals surface area contributed by atoms with Gasteiger partial charge in [-0.3, -0.25) is 0 Å². The summed E-state index contributed by atoms with van der Waals surface area (Å²) in [7, 11) is 2.07. The Morgan fingerprint density at radius 1 is 1.38 bits per heavy atom. The second kappa shape index (κ2) is 5.61. The molecule has 0 radical (unpaired) electrons. The van der Waals surface area contributed by atoms with Crippen molar-refractivity contribution in [2.24, 2.45) is 5.92 Å². The lowest BCUT2D eigenvalue weighted by Crippen LogP contribution is -2.38. The van der Waals surface area contributed by atoms with E-state index in [0.29, 0.717) is 0 Å². The molecule has 2 nitrogen and oxygen atoms in total. The Hall–Kier alpha value is -0.0800. The van der Waals surface area contributed by atoms with E-state index in [4.69, 9.17) is 0 Å². The summed E-state index contributed by atoms with van der Waals surface area (Å²) < 4.78 is 0. The molecule has 0 rings (SSSR count). The number of rotatable bonds is 6. The fraction of sp³-hybridized carbons (Fsp3) is 1.00. The minimum atomic E-state index is -0.569. The van der Waals surface area contributed by atoms with Crippen molar-refractivity contribution in [2.75, 3.05) is 20.1 Å². The van der Waals surface area contributed by atoms with Gasteiger partial charge in [-0.25, -0.2) is 0 Å². The largest absolute Gasteiger partial charge is 0.389 e. The van der Waals surface area contributed by atoms with Gasteiger partial charge in [0.15, 0.2) is 0 Å². The Bertz CT molecular complexity index is 129. The van der Waals surface area contributed by atoms with Crippen LogP contribution in [0, 0.1) is 5.92 Å². The molecular formula is C11H25NO. The van der Waals surface area contributed by atoms with Crippen molar-refractivity contribution >= 4 is 0 Å². The molecule has 2 heteroatoms. The van der Waals surface area contributed by atoms with Crippen molar-refractivity contribution in [1.29, 1.82) is 0 Å². The smallest absolute Gasteiger partial charge is 0.0718 e. The summed E-state index contributed by atoms with van der Waals surface area (Å²) in [6, 6.07) is 0. The van der Waals surface area contributed by atoms with Gasteiger partial charge in [-0.2, -0.15) is 0 Å². The maximum atomic E-state index is 9.59. The van der Waals surface area contributed by atoms with Crippen molar-refractivity contribution in [3.05, 3.63) is 0 Å². The van der Waals surface area contributed by atoms with E-state index in [0.717, 1.165) is 19.0 Å². The van der Waals surface area contributed by atoms with E-state index in [1.54, 1.807) is 0 Å². The predicted molar refractivity (Wildman–Crippen MR) is 57.9 cm³/mol. The van der Waals surface area contributed by atoms with E-state index >= 15 is 0 Å². The zero-order valence-corrected chi connectivity index (χ0v) is 9.80. The molecule has 0 aromatic rings. The second-order valence-electron chi connectivity index (χ2n) is 4.90. The number of hydrogen-bond acceptors (Lipinski definition) is 2. The zero-order chi connectivity index (χ0) is 10.5. The average Bonchev–Trinajstić information content (AvgIpc) is 1.81. The zero-order valence-electron chi connectivity index (χ0n) is 9.80. The summed E-state index contributed by atoms with van der Waals surface area (Å²) in [6.07, 6.45) is 2.52. The first-order valence-electron chi connectivity index (χ1n) is 5.26. The van der Waals surface area contributed by atoms with Gasteiger partial charge in [0, 0.05) is 13.1 Å². The summed E-state index contributed by atoms with van der Waals surface area (Å²) in [5.74, 6) is 0.734. The van der Waals surface area contributed by atoms with Crippen molar-refractivity contribution in [2.45, 2.75) is 46.1 Å². The average molecular weight is 187 g/mol. The third kappa shape index (κ3) is 8.26. The van der Waals surface area contributed by atoms with E-state index in [1.165, 1.54) is 12.8 Å². The number of likely N-dealkylation sites (N-methyl/N-ethyl adjacent to an activating group) is 1. The fourth-order valence-electron chi connectivity index (χ4n) is 1.84. The van der Waals surface area contributed by atoms with Gasteiger partial charge in [0.25, 0.3) is 0 Å². The van der Waals surface area contributed by atoms with E-state index in [1.807, 2.05) is 13.8 Å². The van der Waals surface area contributed by atoms with Crippen LogP contribution in [0.25, 0.3) is 0 Å². The van der Waals surface area contributed by atoms with Crippen LogP contribution in [0.2, 0.25) is 0 Å². The summed E-state index contributed by atoms with van der Waals surface area (Å²) in [5, 5.41) is 9.59. The molecule has 1 atom stereocenters. The molecule has 0 saturated heterocycles.